The van der Waals surface area contributed by atoms with Gasteiger partial charge in [0, 0.05) is 0 Å². The molecule has 0 bridgehead atoms. The predicted molar refractivity (Wildman–Crippen MR) is 33.0 cm³/mol. The second kappa shape index (κ2) is 3.92. The SMILES string of the molecule is O=C(CS(=O)(=O)C(F)(F)F)OCO. The standard InChI is InChI=1S/C4H5F3O5S/c5-4(6,7)13(10,11)1-3(9)12-2-8/h8H,1-2H2. The second-order valence-electron chi connectivity index (χ2n) is 1.85. The Morgan fingerprint density at radius 1 is 1.38 bits per heavy atom. The van der Waals surface area contributed by atoms with Crippen LogP contribution in [0.2, 0.25) is 0 Å². The summed E-state index contributed by atoms with van der Waals surface area (Å²) in [4.78, 5) is 10.2. The Bertz CT molecular complexity index is 279. The Morgan fingerprint density at radius 3 is 2.15 bits per heavy atom. The Kier molecular flexibility index (Phi) is 3.67. The minimum atomic E-state index is -5.50. The van der Waals surface area contributed by atoms with Crippen LogP contribution in [0.25, 0.3) is 0 Å². The van der Waals surface area contributed by atoms with Gasteiger partial charge >= 0.3 is 11.5 Å². The third kappa shape index (κ3) is 3.59. The van der Waals surface area contributed by atoms with E-state index in [0.717, 1.165) is 0 Å². The van der Waals surface area contributed by atoms with E-state index in [0.29, 0.717) is 0 Å². The monoisotopic (exact) mass is 222 g/mol. The number of hydrogen-bond acceptors (Lipinski definition) is 5. The first-order chi connectivity index (χ1) is 5.70. The lowest BCUT2D eigenvalue weighted by Gasteiger charge is -2.06. The van der Waals surface area contributed by atoms with E-state index in [2.05, 4.69) is 4.74 Å². The van der Waals surface area contributed by atoms with Crippen LogP contribution in [-0.4, -0.2) is 37.5 Å². The summed E-state index contributed by atoms with van der Waals surface area (Å²) < 4.78 is 58.8. The molecule has 0 aliphatic rings. The number of alkyl halides is 3. The van der Waals surface area contributed by atoms with Crippen molar-refractivity contribution in [1.82, 2.24) is 0 Å². The third-order valence-corrected chi connectivity index (χ3v) is 2.21. The molecule has 0 spiro atoms. The third-order valence-electron chi connectivity index (χ3n) is 0.886. The number of ether oxygens (including phenoxy) is 1. The molecule has 0 aliphatic heterocycles. The molecule has 0 rings (SSSR count). The number of hydrogen-bond donors (Lipinski definition) is 1. The molecule has 78 valence electrons. The molecule has 0 aromatic carbocycles. The number of aliphatic hydroxyl groups excluding tert-OH is 1. The van der Waals surface area contributed by atoms with Crippen LogP contribution in [0.4, 0.5) is 13.2 Å². The van der Waals surface area contributed by atoms with Crippen molar-refractivity contribution in [2.45, 2.75) is 5.51 Å². The first kappa shape index (κ1) is 12.2. The summed E-state index contributed by atoms with van der Waals surface area (Å²) in [6.07, 6.45) is 0. The zero-order valence-corrected chi connectivity index (χ0v) is 6.85. The van der Waals surface area contributed by atoms with E-state index < -0.39 is 33.9 Å². The van der Waals surface area contributed by atoms with E-state index in [1.165, 1.54) is 0 Å². The van der Waals surface area contributed by atoms with Crippen molar-refractivity contribution in [3.63, 3.8) is 0 Å². The van der Waals surface area contributed by atoms with Crippen molar-refractivity contribution < 1.29 is 36.2 Å². The summed E-state index contributed by atoms with van der Waals surface area (Å²) in [7, 11) is -5.50. The molecule has 0 atom stereocenters. The zero-order valence-electron chi connectivity index (χ0n) is 6.04. The molecule has 5 nitrogen and oxygen atoms in total. The van der Waals surface area contributed by atoms with E-state index in [-0.39, 0.29) is 0 Å². The first-order valence-electron chi connectivity index (χ1n) is 2.76. The van der Waals surface area contributed by atoms with Gasteiger partial charge in [0.15, 0.2) is 12.5 Å². The van der Waals surface area contributed by atoms with Crippen molar-refractivity contribution >= 4 is 15.8 Å². The summed E-state index contributed by atoms with van der Waals surface area (Å²) in [5, 5.41) is 7.92. The van der Waals surface area contributed by atoms with E-state index in [1.54, 1.807) is 0 Å². The number of sulfone groups is 1. The van der Waals surface area contributed by atoms with Gasteiger partial charge in [-0.15, -0.1) is 0 Å². The Labute approximate surface area is 71.0 Å². The molecule has 0 radical (unpaired) electrons. The number of carbonyl (C=O) groups excluding carboxylic acids is 1. The molecule has 0 aromatic heterocycles. The molecule has 0 aromatic rings. The van der Waals surface area contributed by atoms with Crippen molar-refractivity contribution in [2.24, 2.45) is 0 Å². The number of aliphatic hydroxyl groups is 1. The summed E-state index contributed by atoms with van der Waals surface area (Å²) >= 11 is 0. The molecule has 13 heavy (non-hydrogen) atoms. The van der Waals surface area contributed by atoms with E-state index in [4.69, 9.17) is 5.11 Å². The molecule has 0 unspecified atom stereocenters. The molecule has 0 heterocycles. The van der Waals surface area contributed by atoms with Gasteiger partial charge in [-0.25, -0.2) is 8.42 Å². The van der Waals surface area contributed by atoms with Gasteiger partial charge in [0.1, 0.15) is 0 Å². The number of rotatable bonds is 3. The summed E-state index contributed by atoms with van der Waals surface area (Å²) in [6.45, 7) is -1.16. The molecule has 0 saturated carbocycles. The summed E-state index contributed by atoms with van der Waals surface area (Å²) in [5.74, 6) is -3.48. The molecule has 0 saturated heterocycles. The van der Waals surface area contributed by atoms with Crippen LogP contribution in [-0.2, 0) is 19.4 Å². The minimum absolute atomic E-state index is 1.16. The fourth-order valence-electron chi connectivity index (χ4n) is 0.351. The van der Waals surface area contributed by atoms with Gasteiger partial charge in [0.25, 0.3) is 9.84 Å². The second-order valence-corrected chi connectivity index (χ2v) is 3.83. The Balaban J connectivity index is 4.46. The van der Waals surface area contributed by atoms with E-state index in [1.807, 2.05) is 0 Å². The maximum Gasteiger partial charge on any atom is 0.497 e. The van der Waals surface area contributed by atoms with Gasteiger partial charge in [-0.3, -0.25) is 4.79 Å². The molecule has 0 amide bonds. The Hall–Kier alpha value is -0.830. The van der Waals surface area contributed by atoms with Crippen LogP contribution in [0.1, 0.15) is 0 Å². The lowest BCUT2D eigenvalue weighted by atomic mass is 10.8. The van der Waals surface area contributed by atoms with Crippen molar-refractivity contribution in [1.29, 1.82) is 0 Å². The topological polar surface area (TPSA) is 80.7 Å². The highest BCUT2D eigenvalue weighted by atomic mass is 32.2. The summed E-state index contributed by atoms with van der Waals surface area (Å²) in [5.41, 5.74) is -5.48. The maximum atomic E-state index is 11.6. The molecule has 1 N–H and O–H groups in total. The van der Waals surface area contributed by atoms with Gasteiger partial charge in [-0.05, 0) is 0 Å². The first-order valence-corrected chi connectivity index (χ1v) is 4.41. The van der Waals surface area contributed by atoms with Gasteiger partial charge in [-0.2, -0.15) is 13.2 Å². The highest BCUT2D eigenvalue weighted by Crippen LogP contribution is 2.23. The van der Waals surface area contributed by atoms with Crippen LogP contribution in [0, 0.1) is 0 Å². The average Bonchev–Trinajstić information content (AvgIpc) is 1.83. The normalized spacial score (nSPS) is 12.6. The van der Waals surface area contributed by atoms with Crippen LogP contribution in [0.15, 0.2) is 0 Å². The molecular weight excluding hydrogens is 217 g/mol. The van der Waals surface area contributed by atoms with Crippen molar-refractivity contribution in [3.8, 4) is 0 Å². The smallest absolute Gasteiger partial charge is 0.438 e. The summed E-state index contributed by atoms with van der Waals surface area (Å²) in [6, 6.07) is 0. The highest BCUT2D eigenvalue weighted by molar-refractivity contribution is 7.92. The molecule has 0 fully saturated rings. The fraction of sp³-hybridized carbons (Fsp3) is 0.750. The largest absolute Gasteiger partial charge is 0.497 e. The van der Waals surface area contributed by atoms with Crippen LogP contribution in [0.3, 0.4) is 0 Å². The lowest BCUT2D eigenvalue weighted by Crippen LogP contribution is -2.31. The van der Waals surface area contributed by atoms with E-state index in [9.17, 15) is 26.4 Å². The van der Waals surface area contributed by atoms with Crippen molar-refractivity contribution in [2.75, 3.05) is 12.5 Å². The van der Waals surface area contributed by atoms with Gasteiger partial charge in [0.2, 0.25) is 0 Å². The average molecular weight is 222 g/mol. The van der Waals surface area contributed by atoms with Gasteiger partial charge in [0.05, 0.1) is 0 Å². The fourth-order valence-corrected chi connectivity index (χ4v) is 0.908. The molecule has 9 heteroatoms. The van der Waals surface area contributed by atoms with E-state index >= 15 is 0 Å². The van der Waals surface area contributed by atoms with Crippen LogP contribution in [0.5, 0.6) is 0 Å². The van der Waals surface area contributed by atoms with Gasteiger partial charge in [-0.1, -0.05) is 0 Å². The quantitative estimate of drug-likeness (QED) is 0.510. The van der Waals surface area contributed by atoms with Crippen LogP contribution >= 0.6 is 0 Å². The number of esters is 1. The Morgan fingerprint density at radius 2 is 1.85 bits per heavy atom. The highest BCUT2D eigenvalue weighted by Gasteiger charge is 2.47. The molecular formula is C4H5F3O5S. The predicted octanol–water partition coefficient (Wildman–Crippen LogP) is -0.586. The van der Waals surface area contributed by atoms with Crippen molar-refractivity contribution in [3.05, 3.63) is 0 Å². The molecule has 0 aliphatic carbocycles. The number of carbonyl (C=O) groups is 1. The lowest BCUT2D eigenvalue weighted by molar-refractivity contribution is -0.148. The van der Waals surface area contributed by atoms with Gasteiger partial charge < -0.3 is 9.84 Å². The number of halogens is 3. The minimum Gasteiger partial charge on any atom is -0.438 e. The van der Waals surface area contributed by atoms with Crippen LogP contribution < -0.4 is 0 Å². The maximum absolute atomic E-state index is 11.6. The zero-order chi connectivity index (χ0) is 10.7.